The van der Waals surface area contributed by atoms with Crippen molar-refractivity contribution in [2.24, 2.45) is 7.05 Å². The fourth-order valence-corrected chi connectivity index (χ4v) is 1.23. The molecular weight excluding hydrogens is 224 g/mol. The highest BCUT2D eigenvalue weighted by Gasteiger charge is 2.10. The molecule has 0 spiro atoms. The Morgan fingerprint density at radius 3 is 2.92 bits per heavy atom. The van der Waals surface area contributed by atoms with Crippen LogP contribution in [0.15, 0.2) is 21.5 Å². The molecule has 1 aromatic rings. The first-order chi connectivity index (χ1) is 5.66. The third-order valence-electron chi connectivity index (χ3n) is 1.49. The summed E-state index contributed by atoms with van der Waals surface area (Å²) in [5.41, 5.74) is 1.88. The number of aryl methyl sites for hydroxylation is 1. The van der Waals surface area contributed by atoms with Gasteiger partial charge in [0.15, 0.2) is 0 Å². The summed E-state index contributed by atoms with van der Waals surface area (Å²) in [6.45, 7) is 0. The number of aromatic nitrogens is 1. The van der Waals surface area contributed by atoms with Crippen LogP contribution in [0.1, 0.15) is 0 Å². The fraction of sp³-hybridized carbons (Fsp3) is 0.286. The molecule has 0 saturated carbocycles. The topological polar surface area (TPSA) is 47.8 Å². The van der Waals surface area contributed by atoms with Crippen molar-refractivity contribution in [3.63, 3.8) is 0 Å². The van der Waals surface area contributed by atoms with E-state index in [9.17, 15) is 4.79 Å². The number of nitrogens with two attached hydrogens (primary N) is 1. The van der Waals surface area contributed by atoms with E-state index in [0.29, 0.717) is 5.69 Å². The first-order valence-corrected chi connectivity index (χ1v) is 4.17. The van der Waals surface area contributed by atoms with Gasteiger partial charge in [-0.25, -0.2) is 4.84 Å². The molecule has 0 radical (unpaired) electrons. The first kappa shape index (κ1) is 9.44. The predicted octanol–water partition coefficient (Wildman–Crippen LogP) is -0.0959. The lowest BCUT2D eigenvalue weighted by Crippen LogP contribution is -2.78. The van der Waals surface area contributed by atoms with Crippen LogP contribution in [-0.4, -0.2) is 11.7 Å². The van der Waals surface area contributed by atoms with Crippen molar-refractivity contribution in [1.29, 1.82) is 0 Å². The monoisotopic (exact) mass is 233 g/mol. The Labute approximate surface area is 78.2 Å². The van der Waals surface area contributed by atoms with Crippen LogP contribution in [0.2, 0.25) is 0 Å². The van der Waals surface area contributed by atoms with Crippen molar-refractivity contribution in [1.82, 2.24) is 4.57 Å². The van der Waals surface area contributed by atoms with E-state index in [0.717, 1.165) is 4.47 Å². The maximum Gasteiger partial charge on any atom is 0.315 e. The maximum absolute atomic E-state index is 11.4. The average molecular weight is 234 g/mol. The molecule has 2 N–H and O–H groups in total. The van der Waals surface area contributed by atoms with E-state index >= 15 is 0 Å². The summed E-state index contributed by atoms with van der Waals surface area (Å²) >= 11 is 3.26. The molecule has 1 aromatic heterocycles. The van der Waals surface area contributed by atoms with Gasteiger partial charge >= 0.3 is 5.56 Å². The van der Waals surface area contributed by atoms with E-state index in [-0.39, 0.29) is 5.56 Å². The van der Waals surface area contributed by atoms with Gasteiger partial charge in [-0.05, 0) is 22.0 Å². The molecule has 66 valence electrons. The highest BCUT2D eigenvalue weighted by atomic mass is 79.9. The molecule has 1 rings (SSSR count). The highest BCUT2D eigenvalue weighted by Crippen LogP contribution is 2.11. The fourth-order valence-electron chi connectivity index (χ4n) is 0.851. The molecule has 0 aromatic carbocycles. The van der Waals surface area contributed by atoms with Crippen LogP contribution >= 0.6 is 15.9 Å². The molecule has 12 heavy (non-hydrogen) atoms. The molecule has 0 unspecified atom stereocenters. The molecule has 1 heterocycles. The second kappa shape index (κ2) is 3.84. The number of nitrogens with zero attached hydrogens (tertiary/aromatic N) is 1. The number of hydrogen-bond donors (Lipinski definition) is 1. The molecule has 0 aliphatic heterocycles. The van der Waals surface area contributed by atoms with Crippen molar-refractivity contribution < 1.29 is 10.3 Å². The van der Waals surface area contributed by atoms with E-state index < -0.39 is 0 Å². The highest BCUT2D eigenvalue weighted by molar-refractivity contribution is 9.10. The zero-order chi connectivity index (χ0) is 9.14. The quantitative estimate of drug-likeness (QED) is 0.726. The summed E-state index contributed by atoms with van der Waals surface area (Å²) in [6.07, 6.45) is 1.69. The summed E-state index contributed by atoms with van der Waals surface area (Å²) in [4.78, 5) is 16.2. The van der Waals surface area contributed by atoms with Crippen molar-refractivity contribution in [3.05, 3.63) is 27.1 Å². The normalized spacial score (nSPS) is 10.2. The lowest BCUT2D eigenvalue weighted by molar-refractivity contribution is -0.831. The molecule has 0 aliphatic carbocycles. The zero-order valence-electron chi connectivity index (χ0n) is 6.87. The molecule has 0 saturated heterocycles. The Balaban J connectivity index is 3.24. The van der Waals surface area contributed by atoms with E-state index in [1.54, 1.807) is 19.3 Å². The van der Waals surface area contributed by atoms with Gasteiger partial charge in [-0.15, -0.1) is 0 Å². The van der Waals surface area contributed by atoms with Gasteiger partial charge in [0.25, 0.3) is 0 Å². The van der Waals surface area contributed by atoms with Crippen molar-refractivity contribution in [2.45, 2.75) is 0 Å². The number of halogens is 1. The van der Waals surface area contributed by atoms with Crippen molar-refractivity contribution in [3.8, 4) is 0 Å². The number of pyridine rings is 1. The first-order valence-electron chi connectivity index (χ1n) is 3.38. The summed E-state index contributed by atoms with van der Waals surface area (Å²) in [6, 6.07) is 1.80. The Morgan fingerprint density at radius 1 is 1.67 bits per heavy atom. The van der Waals surface area contributed by atoms with Crippen LogP contribution in [0.25, 0.3) is 0 Å². The molecular formula is C7H10BrN2O2+. The van der Waals surface area contributed by atoms with Crippen LogP contribution in [0.3, 0.4) is 0 Å². The third kappa shape index (κ3) is 1.74. The van der Waals surface area contributed by atoms with Crippen LogP contribution in [-0.2, 0) is 11.9 Å². The second-order valence-electron chi connectivity index (χ2n) is 2.35. The predicted molar refractivity (Wildman–Crippen MR) is 48.0 cm³/mol. The van der Waals surface area contributed by atoms with Gasteiger partial charge in [-0.1, -0.05) is 0 Å². The standard InChI is InChI=1S/C7H9BrN2O2/c1-10-4-3-5(8)6(7(10)11)9-12-2/h3-4,9H,1-2H3/p+1. The van der Waals surface area contributed by atoms with Crippen molar-refractivity contribution >= 4 is 21.6 Å². The minimum atomic E-state index is -0.0776. The average Bonchev–Trinajstić information content (AvgIpc) is 2.06. The van der Waals surface area contributed by atoms with Gasteiger partial charge < -0.3 is 4.57 Å². The third-order valence-corrected chi connectivity index (χ3v) is 2.18. The maximum atomic E-state index is 11.4. The number of rotatable bonds is 2. The Hall–Kier alpha value is -0.650. The summed E-state index contributed by atoms with van der Waals surface area (Å²) in [7, 11) is 3.21. The number of quaternary nitrogens is 1. The summed E-state index contributed by atoms with van der Waals surface area (Å²) in [5, 5.41) is 0. The van der Waals surface area contributed by atoms with Gasteiger partial charge in [0.05, 0.1) is 11.6 Å². The molecule has 0 aliphatic rings. The van der Waals surface area contributed by atoms with E-state index in [2.05, 4.69) is 15.9 Å². The smallest absolute Gasteiger partial charge is 0.313 e. The van der Waals surface area contributed by atoms with Crippen LogP contribution in [0.4, 0.5) is 5.69 Å². The summed E-state index contributed by atoms with van der Waals surface area (Å²) in [5.74, 6) is 0. The van der Waals surface area contributed by atoms with E-state index in [1.165, 1.54) is 17.2 Å². The van der Waals surface area contributed by atoms with Gasteiger partial charge in [0.1, 0.15) is 0 Å². The molecule has 4 nitrogen and oxygen atoms in total. The van der Waals surface area contributed by atoms with E-state index in [4.69, 9.17) is 4.84 Å². The molecule has 0 atom stereocenters. The Kier molecular flexibility index (Phi) is 3.02. The minimum Gasteiger partial charge on any atom is -0.313 e. The van der Waals surface area contributed by atoms with Crippen LogP contribution in [0, 0.1) is 0 Å². The van der Waals surface area contributed by atoms with E-state index in [1.807, 2.05) is 0 Å². The number of hydrogen-bond acceptors (Lipinski definition) is 2. The lowest BCUT2D eigenvalue weighted by Gasteiger charge is -2.00. The SMILES string of the molecule is CO[NH2+]c1c(Br)ccn(C)c1=O. The van der Waals surface area contributed by atoms with Gasteiger partial charge in [0.2, 0.25) is 5.69 Å². The lowest BCUT2D eigenvalue weighted by atomic mass is 10.4. The zero-order valence-corrected chi connectivity index (χ0v) is 8.46. The molecule has 0 fully saturated rings. The molecule has 5 heteroatoms. The Bertz CT molecular complexity index is 335. The van der Waals surface area contributed by atoms with Crippen molar-refractivity contribution in [2.75, 3.05) is 7.11 Å². The van der Waals surface area contributed by atoms with Crippen LogP contribution < -0.4 is 11.0 Å². The minimum absolute atomic E-state index is 0.0776. The molecule has 0 bridgehead atoms. The second-order valence-corrected chi connectivity index (χ2v) is 3.20. The van der Waals surface area contributed by atoms with Crippen LogP contribution in [0.5, 0.6) is 0 Å². The van der Waals surface area contributed by atoms with Gasteiger partial charge in [-0.2, -0.15) is 5.48 Å². The van der Waals surface area contributed by atoms with Gasteiger partial charge in [-0.3, -0.25) is 4.79 Å². The molecule has 0 amide bonds. The Morgan fingerprint density at radius 2 is 2.33 bits per heavy atom. The summed E-state index contributed by atoms with van der Waals surface area (Å²) < 4.78 is 2.24. The largest absolute Gasteiger partial charge is 0.315 e. The van der Waals surface area contributed by atoms with Gasteiger partial charge in [0, 0.05) is 13.2 Å².